The van der Waals surface area contributed by atoms with E-state index in [0.717, 1.165) is 51.5 Å². The Morgan fingerprint density at radius 2 is 1.75 bits per heavy atom. The van der Waals surface area contributed by atoms with Crippen LogP contribution >= 0.6 is 24.4 Å². The minimum Gasteiger partial charge on any atom is -0.379 e. The lowest BCUT2D eigenvalue weighted by Crippen LogP contribution is -2.50. The molecule has 0 amide bonds. The van der Waals surface area contributed by atoms with E-state index in [1.165, 1.54) is 5.56 Å². The van der Waals surface area contributed by atoms with E-state index in [-0.39, 0.29) is 0 Å². The van der Waals surface area contributed by atoms with Crippen LogP contribution in [0.25, 0.3) is 0 Å². The van der Waals surface area contributed by atoms with Crippen LogP contribution in [0.1, 0.15) is 12.5 Å². The van der Waals surface area contributed by atoms with Crippen molar-refractivity contribution in [1.82, 2.24) is 21.1 Å². The minimum atomic E-state index is 0.469. The molecule has 0 radical (unpaired) electrons. The molecule has 1 aliphatic rings. The van der Waals surface area contributed by atoms with Crippen LogP contribution in [-0.4, -0.2) is 54.5 Å². The summed E-state index contributed by atoms with van der Waals surface area (Å²) in [7, 11) is 0. The SMILES string of the molecule is CCc1ccc(NC(=S)NNC(=S)NCCN2CCOCC2)cc1. The molecule has 1 aromatic rings. The molecule has 8 heteroatoms. The van der Waals surface area contributed by atoms with Crippen molar-refractivity contribution in [2.45, 2.75) is 13.3 Å². The van der Waals surface area contributed by atoms with Crippen LogP contribution < -0.4 is 21.5 Å². The Bertz CT molecular complexity index is 532. The van der Waals surface area contributed by atoms with Gasteiger partial charge in [0.1, 0.15) is 0 Å². The van der Waals surface area contributed by atoms with Crippen LogP contribution in [0.2, 0.25) is 0 Å². The molecule has 0 aliphatic carbocycles. The Morgan fingerprint density at radius 3 is 2.42 bits per heavy atom. The van der Waals surface area contributed by atoms with Crippen molar-refractivity contribution < 1.29 is 4.74 Å². The van der Waals surface area contributed by atoms with E-state index < -0.39 is 0 Å². The van der Waals surface area contributed by atoms with Gasteiger partial charge in [0.25, 0.3) is 0 Å². The van der Waals surface area contributed by atoms with Crippen molar-refractivity contribution in [3.05, 3.63) is 29.8 Å². The average molecular weight is 368 g/mol. The van der Waals surface area contributed by atoms with Crippen LogP contribution in [0.4, 0.5) is 5.69 Å². The number of rotatable bonds is 5. The maximum atomic E-state index is 5.32. The molecule has 0 atom stereocenters. The number of anilines is 1. The monoisotopic (exact) mass is 367 g/mol. The molecule has 2 rings (SSSR count). The van der Waals surface area contributed by atoms with Gasteiger partial charge in [0, 0.05) is 31.9 Å². The number of benzene rings is 1. The highest BCUT2D eigenvalue weighted by molar-refractivity contribution is 7.80. The fraction of sp³-hybridized carbons (Fsp3) is 0.500. The lowest BCUT2D eigenvalue weighted by atomic mass is 10.1. The summed E-state index contributed by atoms with van der Waals surface area (Å²) in [4.78, 5) is 2.35. The van der Waals surface area contributed by atoms with Crippen LogP contribution in [0.15, 0.2) is 24.3 Å². The number of hydrazine groups is 1. The normalized spacial score (nSPS) is 14.7. The Morgan fingerprint density at radius 1 is 1.08 bits per heavy atom. The van der Waals surface area contributed by atoms with Gasteiger partial charge in [-0.1, -0.05) is 19.1 Å². The number of morpholine rings is 1. The van der Waals surface area contributed by atoms with Gasteiger partial charge in [0.05, 0.1) is 13.2 Å². The topological polar surface area (TPSA) is 60.6 Å². The summed E-state index contributed by atoms with van der Waals surface area (Å²) < 4.78 is 5.32. The number of nitrogens with zero attached hydrogens (tertiary/aromatic N) is 1. The molecule has 1 fully saturated rings. The van der Waals surface area contributed by atoms with E-state index >= 15 is 0 Å². The fourth-order valence-corrected chi connectivity index (χ4v) is 2.62. The first-order valence-electron chi connectivity index (χ1n) is 8.17. The first-order valence-corrected chi connectivity index (χ1v) is 8.99. The van der Waals surface area contributed by atoms with E-state index in [1.807, 2.05) is 12.1 Å². The molecule has 4 N–H and O–H groups in total. The minimum absolute atomic E-state index is 0.469. The van der Waals surface area contributed by atoms with E-state index in [0.29, 0.717) is 10.2 Å². The average Bonchev–Trinajstić information content (AvgIpc) is 2.61. The molecule has 0 spiro atoms. The van der Waals surface area contributed by atoms with Crippen LogP contribution in [0, 0.1) is 0 Å². The number of hydrogen-bond donors (Lipinski definition) is 4. The molecule has 1 aliphatic heterocycles. The molecule has 0 aromatic heterocycles. The maximum Gasteiger partial charge on any atom is 0.189 e. The van der Waals surface area contributed by atoms with Gasteiger partial charge in [-0.15, -0.1) is 0 Å². The fourth-order valence-electron chi connectivity index (χ4n) is 2.30. The van der Waals surface area contributed by atoms with Crippen LogP contribution in [0.3, 0.4) is 0 Å². The van der Waals surface area contributed by atoms with E-state index in [1.54, 1.807) is 0 Å². The van der Waals surface area contributed by atoms with Crippen molar-refractivity contribution in [3.8, 4) is 0 Å². The summed E-state index contributed by atoms with van der Waals surface area (Å²) in [6, 6.07) is 8.17. The number of nitrogens with one attached hydrogen (secondary N) is 4. The van der Waals surface area contributed by atoms with Gasteiger partial charge in [-0.05, 0) is 48.6 Å². The second-order valence-electron chi connectivity index (χ2n) is 5.46. The summed E-state index contributed by atoms with van der Waals surface area (Å²) in [5, 5.41) is 7.25. The molecule has 1 aromatic carbocycles. The smallest absolute Gasteiger partial charge is 0.189 e. The lowest BCUT2D eigenvalue weighted by molar-refractivity contribution is 0.0389. The highest BCUT2D eigenvalue weighted by Gasteiger charge is 2.09. The Balaban J connectivity index is 1.59. The number of aryl methyl sites for hydroxylation is 1. The molecular weight excluding hydrogens is 342 g/mol. The van der Waals surface area contributed by atoms with Gasteiger partial charge in [0.2, 0.25) is 0 Å². The summed E-state index contributed by atoms with van der Waals surface area (Å²) in [6.45, 7) is 7.43. The van der Waals surface area contributed by atoms with Gasteiger partial charge < -0.3 is 15.4 Å². The zero-order chi connectivity index (χ0) is 17.2. The molecule has 132 valence electrons. The predicted octanol–water partition coefficient (Wildman–Crippen LogP) is 1.25. The Labute approximate surface area is 154 Å². The third-order valence-corrected chi connectivity index (χ3v) is 4.18. The molecule has 1 saturated heterocycles. The first-order chi connectivity index (χ1) is 11.7. The van der Waals surface area contributed by atoms with Gasteiger partial charge in [-0.2, -0.15) is 0 Å². The van der Waals surface area contributed by atoms with Crippen molar-refractivity contribution in [2.24, 2.45) is 0 Å². The van der Waals surface area contributed by atoms with E-state index in [9.17, 15) is 0 Å². The predicted molar refractivity (Wildman–Crippen MR) is 106 cm³/mol. The summed E-state index contributed by atoms with van der Waals surface area (Å²) in [5.41, 5.74) is 8.00. The zero-order valence-corrected chi connectivity index (χ0v) is 15.6. The third kappa shape index (κ3) is 6.96. The van der Waals surface area contributed by atoms with Crippen LogP contribution in [-0.2, 0) is 11.2 Å². The van der Waals surface area contributed by atoms with Crippen molar-refractivity contribution in [3.63, 3.8) is 0 Å². The summed E-state index contributed by atoms with van der Waals surface area (Å²) in [6.07, 6.45) is 1.02. The van der Waals surface area contributed by atoms with E-state index in [4.69, 9.17) is 29.2 Å². The second-order valence-corrected chi connectivity index (χ2v) is 6.28. The van der Waals surface area contributed by atoms with Crippen LogP contribution in [0.5, 0.6) is 0 Å². The second kappa shape index (κ2) is 10.4. The van der Waals surface area contributed by atoms with Crippen molar-refractivity contribution in [2.75, 3.05) is 44.7 Å². The first kappa shape index (κ1) is 18.9. The van der Waals surface area contributed by atoms with Crippen molar-refractivity contribution in [1.29, 1.82) is 0 Å². The molecule has 0 saturated carbocycles. The van der Waals surface area contributed by atoms with Gasteiger partial charge in [0.15, 0.2) is 10.2 Å². The number of ether oxygens (including phenoxy) is 1. The third-order valence-electron chi connectivity index (χ3n) is 3.73. The summed E-state index contributed by atoms with van der Waals surface area (Å²) >= 11 is 10.5. The quantitative estimate of drug-likeness (QED) is 0.458. The highest BCUT2D eigenvalue weighted by Crippen LogP contribution is 2.09. The van der Waals surface area contributed by atoms with Gasteiger partial charge in [-0.25, -0.2) is 0 Å². The van der Waals surface area contributed by atoms with E-state index in [2.05, 4.69) is 45.4 Å². The molecule has 6 nitrogen and oxygen atoms in total. The highest BCUT2D eigenvalue weighted by atomic mass is 32.1. The van der Waals surface area contributed by atoms with Gasteiger partial charge >= 0.3 is 0 Å². The largest absolute Gasteiger partial charge is 0.379 e. The molecule has 24 heavy (non-hydrogen) atoms. The standard InChI is InChI=1S/C16H25N5OS2/c1-2-13-3-5-14(6-4-13)18-16(24)20-19-15(23)17-7-8-21-9-11-22-12-10-21/h3-6H,2,7-12H2,1H3,(H2,17,19,23)(H2,18,20,24). The number of thiocarbonyl (C=S) groups is 2. The molecule has 0 bridgehead atoms. The van der Waals surface area contributed by atoms with Crippen molar-refractivity contribution >= 4 is 40.3 Å². The number of hydrogen-bond acceptors (Lipinski definition) is 4. The molecule has 0 unspecified atom stereocenters. The maximum absolute atomic E-state index is 5.32. The molecule has 1 heterocycles. The van der Waals surface area contributed by atoms with Gasteiger partial charge in [-0.3, -0.25) is 15.8 Å². The zero-order valence-electron chi connectivity index (χ0n) is 13.9. The lowest BCUT2D eigenvalue weighted by Gasteiger charge is -2.26. The Hall–Kier alpha value is -1.48. The summed E-state index contributed by atoms with van der Waals surface area (Å²) in [5.74, 6) is 0. The molecular formula is C16H25N5OS2. The Kier molecular flexibility index (Phi) is 8.17.